The second-order valence-corrected chi connectivity index (χ2v) is 6.20. The summed E-state index contributed by atoms with van der Waals surface area (Å²) in [4.78, 5) is 13.4. The van der Waals surface area contributed by atoms with Gasteiger partial charge >= 0.3 is 0 Å². The monoisotopic (exact) mass is 366 g/mol. The van der Waals surface area contributed by atoms with E-state index < -0.39 is 0 Å². The van der Waals surface area contributed by atoms with E-state index in [0.717, 1.165) is 9.37 Å². The molecule has 0 saturated carbocycles. The summed E-state index contributed by atoms with van der Waals surface area (Å²) in [5, 5.41) is 0. The first kappa shape index (κ1) is 15.9. The summed E-state index contributed by atoms with van der Waals surface area (Å²) in [6.07, 6.45) is 0. The number of halogens is 1. The molecular weight excluding hydrogens is 352 g/mol. The van der Waals surface area contributed by atoms with Gasteiger partial charge in [-0.25, -0.2) is 0 Å². The molecule has 0 N–H and O–H groups in total. The fraction of sp³-hybridized carbons (Fsp3) is 0.188. The summed E-state index contributed by atoms with van der Waals surface area (Å²) in [5.41, 5.74) is 0.572. The van der Waals surface area contributed by atoms with Crippen LogP contribution in [0.15, 0.2) is 51.8 Å². The second kappa shape index (κ2) is 7.52. The maximum atomic E-state index is 12.3. The smallest absolute Gasteiger partial charge is 0.176 e. The van der Waals surface area contributed by atoms with E-state index in [1.807, 2.05) is 24.3 Å². The van der Waals surface area contributed by atoms with Gasteiger partial charge in [-0.1, -0.05) is 15.9 Å². The van der Waals surface area contributed by atoms with Gasteiger partial charge in [0.05, 0.1) is 25.5 Å². The number of Topliss-reactive ketones (excluding diaryl/α,β-unsaturated/α-hetero) is 1. The lowest BCUT2D eigenvalue weighted by Crippen LogP contribution is -2.05. The van der Waals surface area contributed by atoms with Crippen LogP contribution in [-0.2, 0) is 0 Å². The van der Waals surface area contributed by atoms with E-state index in [1.165, 1.54) is 11.8 Å². The van der Waals surface area contributed by atoms with Crippen LogP contribution in [0.4, 0.5) is 0 Å². The number of ketones is 1. The molecule has 0 atom stereocenters. The number of carbonyl (C=O) groups is 1. The van der Waals surface area contributed by atoms with Crippen molar-refractivity contribution in [3.8, 4) is 11.5 Å². The number of hydrogen-bond acceptors (Lipinski definition) is 4. The fourth-order valence-electron chi connectivity index (χ4n) is 1.79. The molecule has 0 spiro atoms. The molecule has 0 amide bonds. The molecule has 0 aliphatic rings. The lowest BCUT2D eigenvalue weighted by Gasteiger charge is -2.09. The molecule has 0 unspecified atom stereocenters. The number of rotatable bonds is 6. The van der Waals surface area contributed by atoms with Crippen LogP contribution in [0.5, 0.6) is 11.5 Å². The Morgan fingerprint density at radius 1 is 1.10 bits per heavy atom. The van der Waals surface area contributed by atoms with Crippen molar-refractivity contribution in [3.05, 3.63) is 52.5 Å². The Labute approximate surface area is 136 Å². The Hall–Kier alpha value is -1.46. The molecule has 0 saturated heterocycles. The third-order valence-corrected chi connectivity index (χ3v) is 4.43. The summed E-state index contributed by atoms with van der Waals surface area (Å²) >= 11 is 4.89. The highest BCUT2D eigenvalue weighted by Crippen LogP contribution is 2.27. The molecule has 2 rings (SSSR count). The summed E-state index contributed by atoms with van der Waals surface area (Å²) in [6.45, 7) is 0. The third kappa shape index (κ3) is 4.25. The molecule has 0 radical (unpaired) electrons. The zero-order valence-electron chi connectivity index (χ0n) is 11.8. The minimum atomic E-state index is 0.0300. The lowest BCUT2D eigenvalue weighted by atomic mass is 10.1. The molecule has 0 bridgehead atoms. The van der Waals surface area contributed by atoms with E-state index in [0.29, 0.717) is 22.8 Å². The van der Waals surface area contributed by atoms with Crippen LogP contribution in [0.3, 0.4) is 0 Å². The molecule has 5 heteroatoms. The Bertz CT molecular complexity index is 626. The van der Waals surface area contributed by atoms with Gasteiger partial charge in [-0.3, -0.25) is 4.79 Å². The Kier molecular flexibility index (Phi) is 5.70. The number of thioether (sulfide) groups is 1. The van der Waals surface area contributed by atoms with Gasteiger partial charge < -0.3 is 9.47 Å². The average molecular weight is 367 g/mol. The van der Waals surface area contributed by atoms with Gasteiger partial charge in [-0.2, -0.15) is 0 Å². The Morgan fingerprint density at radius 3 is 2.43 bits per heavy atom. The Morgan fingerprint density at radius 2 is 1.81 bits per heavy atom. The van der Waals surface area contributed by atoms with Gasteiger partial charge in [-0.15, -0.1) is 11.8 Å². The van der Waals surface area contributed by atoms with E-state index in [4.69, 9.17) is 9.47 Å². The quantitative estimate of drug-likeness (QED) is 0.559. The Balaban J connectivity index is 2.07. The van der Waals surface area contributed by atoms with Crippen LogP contribution in [0.2, 0.25) is 0 Å². The van der Waals surface area contributed by atoms with E-state index >= 15 is 0 Å². The molecule has 110 valence electrons. The van der Waals surface area contributed by atoms with Crippen LogP contribution in [0.1, 0.15) is 10.4 Å². The molecule has 0 fully saturated rings. The first-order valence-electron chi connectivity index (χ1n) is 6.27. The summed E-state index contributed by atoms with van der Waals surface area (Å²) < 4.78 is 11.4. The van der Waals surface area contributed by atoms with Gasteiger partial charge in [0.1, 0.15) is 11.5 Å². The molecule has 3 nitrogen and oxygen atoms in total. The van der Waals surface area contributed by atoms with Crippen molar-refractivity contribution in [2.75, 3.05) is 20.0 Å². The predicted molar refractivity (Wildman–Crippen MR) is 88.7 cm³/mol. The number of benzene rings is 2. The van der Waals surface area contributed by atoms with E-state index in [9.17, 15) is 4.79 Å². The van der Waals surface area contributed by atoms with Crippen molar-refractivity contribution < 1.29 is 14.3 Å². The molecule has 2 aromatic rings. The highest BCUT2D eigenvalue weighted by molar-refractivity contribution is 9.10. The standard InChI is InChI=1S/C16H15BrO3S/c1-19-12-5-8-14(16(9-12)20-2)15(18)10-21-13-6-3-11(17)4-7-13/h3-9H,10H2,1-2H3. The number of ether oxygens (including phenoxy) is 2. The average Bonchev–Trinajstić information content (AvgIpc) is 2.53. The summed E-state index contributed by atoms with van der Waals surface area (Å²) in [7, 11) is 3.13. The highest BCUT2D eigenvalue weighted by Gasteiger charge is 2.13. The number of methoxy groups -OCH3 is 2. The highest BCUT2D eigenvalue weighted by atomic mass is 79.9. The molecule has 0 heterocycles. The minimum Gasteiger partial charge on any atom is -0.497 e. The van der Waals surface area contributed by atoms with E-state index in [2.05, 4.69) is 15.9 Å². The van der Waals surface area contributed by atoms with Gasteiger partial charge in [0.15, 0.2) is 5.78 Å². The first-order chi connectivity index (χ1) is 10.1. The first-order valence-corrected chi connectivity index (χ1v) is 8.05. The van der Waals surface area contributed by atoms with Crippen LogP contribution in [0, 0.1) is 0 Å². The molecule has 0 aliphatic heterocycles. The fourth-order valence-corrected chi connectivity index (χ4v) is 2.83. The minimum absolute atomic E-state index is 0.0300. The van der Waals surface area contributed by atoms with Crippen molar-refractivity contribution in [2.45, 2.75) is 4.90 Å². The summed E-state index contributed by atoms with van der Waals surface area (Å²) in [6, 6.07) is 13.1. The van der Waals surface area contributed by atoms with Gasteiger partial charge in [-0.05, 0) is 36.4 Å². The van der Waals surface area contributed by atoms with Crippen molar-refractivity contribution >= 4 is 33.5 Å². The van der Waals surface area contributed by atoms with Crippen LogP contribution >= 0.6 is 27.7 Å². The molecule has 0 aliphatic carbocycles. The molecule has 0 aromatic heterocycles. The van der Waals surface area contributed by atoms with Gasteiger partial charge in [0.25, 0.3) is 0 Å². The van der Waals surface area contributed by atoms with Crippen molar-refractivity contribution in [1.29, 1.82) is 0 Å². The van der Waals surface area contributed by atoms with E-state index in [1.54, 1.807) is 32.4 Å². The zero-order chi connectivity index (χ0) is 15.2. The van der Waals surface area contributed by atoms with Crippen molar-refractivity contribution in [1.82, 2.24) is 0 Å². The maximum Gasteiger partial charge on any atom is 0.176 e. The number of hydrogen-bond donors (Lipinski definition) is 0. The largest absolute Gasteiger partial charge is 0.497 e. The zero-order valence-corrected chi connectivity index (χ0v) is 14.2. The van der Waals surface area contributed by atoms with Crippen LogP contribution in [-0.4, -0.2) is 25.8 Å². The van der Waals surface area contributed by atoms with Crippen LogP contribution < -0.4 is 9.47 Å². The molecule has 21 heavy (non-hydrogen) atoms. The van der Waals surface area contributed by atoms with Crippen molar-refractivity contribution in [2.24, 2.45) is 0 Å². The second-order valence-electron chi connectivity index (χ2n) is 4.23. The number of carbonyl (C=O) groups excluding carboxylic acids is 1. The molecule has 2 aromatic carbocycles. The van der Waals surface area contributed by atoms with Crippen molar-refractivity contribution in [3.63, 3.8) is 0 Å². The maximum absolute atomic E-state index is 12.3. The normalized spacial score (nSPS) is 10.2. The van der Waals surface area contributed by atoms with Gasteiger partial charge in [0.2, 0.25) is 0 Å². The van der Waals surface area contributed by atoms with E-state index in [-0.39, 0.29) is 5.78 Å². The molecular formula is C16H15BrO3S. The predicted octanol–water partition coefficient (Wildman–Crippen LogP) is 4.44. The third-order valence-electron chi connectivity index (χ3n) is 2.89. The topological polar surface area (TPSA) is 35.5 Å². The lowest BCUT2D eigenvalue weighted by molar-refractivity contribution is 0.101. The van der Waals surface area contributed by atoms with Crippen LogP contribution in [0.25, 0.3) is 0 Å². The van der Waals surface area contributed by atoms with Gasteiger partial charge in [0, 0.05) is 15.4 Å². The SMILES string of the molecule is COc1ccc(C(=O)CSc2ccc(Br)cc2)c(OC)c1. The summed E-state index contributed by atoms with van der Waals surface area (Å²) in [5.74, 6) is 1.60.